The fourth-order valence-corrected chi connectivity index (χ4v) is 2.62. The van der Waals surface area contributed by atoms with Crippen molar-refractivity contribution in [3.8, 4) is 0 Å². The first-order valence-corrected chi connectivity index (χ1v) is 8.20. The Morgan fingerprint density at radius 2 is 2.00 bits per heavy atom. The van der Waals surface area contributed by atoms with E-state index < -0.39 is 0 Å². The second-order valence-corrected chi connectivity index (χ2v) is 5.79. The Balaban J connectivity index is 1.69. The standard InChI is InChI=1S/C18H24N4/c1-2-16-14-20-17(13-15-7-4-3-5-8-15)18(21-16)19-9-12-22-10-6-11-22/h3-5,7-8,14H,2,6,9-13H2,1H3,(H,19,21). The molecule has 4 heteroatoms. The molecule has 1 N–H and O–H groups in total. The van der Waals surface area contributed by atoms with Gasteiger partial charge in [0.25, 0.3) is 0 Å². The highest BCUT2D eigenvalue weighted by atomic mass is 15.2. The number of benzene rings is 1. The third kappa shape index (κ3) is 3.83. The van der Waals surface area contributed by atoms with Crippen molar-refractivity contribution >= 4 is 5.82 Å². The van der Waals surface area contributed by atoms with Crippen LogP contribution in [0.25, 0.3) is 0 Å². The lowest BCUT2D eigenvalue weighted by atomic mass is 10.1. The maximum absolute atomic E-state index is 4.74. The predicted octanol–water partition coefficient (Wildman–Crippen LogP) is 2.75. The van der Waals surface area contributed by atoms with Gasteiger partial charge in [-0.15, -0.1) is 0 Å². The Kier molecular flexibility index (Phi) is 5.01. The molecule has 0 radical (unpaired) electrons. The quantitative estimate of drug-likeness (QED) is 0.853. The largest absolute Gasteiger partial charge is 0.367 e. The third-order valence-electron chi connectivity index (χ3n) is 4.14. The van der Waals surface area contributed by atoms with E-state index in [0.29, 0.717) is 0 Å². The van der Waals surface area contributed by atoms with Gasteiger partial charge >= 0.3 is 0 Å². The lowest BCUT2D eigenvalue weighted by molar-refractivity contribution is 0.189. The number of nitrogens with zero attached hydrogens (tertiary/aromatic N) is 3. The first-order chi connectivity index (χ1) is 10.8. The van der Waals surface area contributed by atoms with E-state index in [1.165, 1.54) is 25.1 Å². The van der Waals surface area contributed by atoms with Crippen LogP contribution in [0.2, 0.25) is 0 Å². The Bertz CT molecular complexity index is 593. The zero-order valence-corrected chi connectivity index (χ0v) is 13.3. The number of aromatic nitrogens is 2. The summed E-state index contributed by atoms with van der Waals surface area (Å²) in [7, 11) is 0. The zero-order chi connectivity index (χ0) is 15.2. The van der Waals surface area contributed by atoms with Crippen molar-refractivity contribution in [1.29, 1.82) is 0 Å². The molecule has 1 aliphatic heterocycles. The summed E-state index contributed by atoms with van der Waals surface area (Å²) >= 11 is 0. The van der Waals surface area contributed by atoms with Gasteiger partial charge in [0.2, 0.25) is 0 Å². The van der Waals surface area contributed by atoms with E-state index in [1.54, 1.807) is 0 Å². The van der Waals surface area contributed by atoms with Crippen molar-refractivity contribution in [3.63, 3.8) is 0 Å². The molecule has 0 aliphatic carbocycles. The molecule has 1 aliphatic rings. The topological polar surface area (TPSA) is 41.1 Å². The molecular formula is C18H24N4. The Morgan fingerprint density at radius 1 is 1.18 bits per heavy atom. The molecule has 116 valence electrons. The van der Waals surface area contributed by atoms with Gasteiger partial charge in [-0.1, -0.05) is 37.3 Å². The van der Waals surface area contributed by atoms with E-state index in [0.717, 1.165) is 43.1 Å². The van der Waals surface area contributed by atoms with E-state index in [4.69, 9.17) is 4.98 Å². The molecule has 0 spiro atoms. The van der Waals surface area contributed by atoms with Crippen LogP contribution in [0.1, 0.15) is 30.3 Å². The molecule has 0 amide bonds. The van der Waals surface area contributed by atoms with Gasteiger partial charge in [-0.2, -0.15) is 0 Å². The van der Waals surface area contributed by atoms with Gasteiger partial charge in [-0.3, -0.25) is 4.98 Å². The maximum Gasteiger partial charge on any atom is 0.148 e. The fraction of sp³-hybridized carbons (Fsp3) is 0.444. The second kappa shape index (κ2) is 7.36. The molecule has 1 aromatic carbocycles. The summed E-state index contributed by atoms with van der Waals surface area (Å²) in [6.07, 6.45) is 4.98. The fourth-order valence-electron chi connectivity index (χ4n) is 2.62. The van der Waals surface area contributed by atoms with E-state index in [-0.39, 0.29) is 0 Å². The van der Waals surface area contributed by atoms with Crippen LogP contribution in [0, 0.1) is 0 Å². The van der Waals surface area contributed by atoms with Gasteiger partial charge in [-0.05, 0) is 31.5 Å². The monoisotopic (exact) mass is 296 g/mol. The number of anilines is 1. The molecule has 0 bridgehead atoms. The Labute approximate surface area is 132 Å². The minimum atomic E-state index is 0.823. The van der Waals surface area contributed by atoms with Crippen LogP contribution in [-0.4, -0.2) is 41.0 Å². The number of hydrogen-bond acceptors (Lipinski definition) is 4. The smallest absolute Gasteiger partial charge is 0.148 e. The minimum absolute atomic E-state index is 0.823. The first-order valence-electron chi connectivity index (χ1n) is 8.20. The molecule has 1 aromatic heterocycles. The normalized spacial score (nSPS) is 14.6. The summed E-state index contributed by atoms with van der Waals surface area (Å²) in [4.78, 5) is 11.8. The number of rotatable bonds is 7. The highest BCUT2D eigenvalue weighted by Crippen LogP contribution is 2.16. The molecule has 0 unspecified atom stereocenters. The van der Waals surface area contributed by atoms with Crippen LogP contribution >= 0.6 is 0 Å². The maximum atomic E-state index is 4.74. The number of nitrogens with one attached hydrogen (secondary N) is 1. The van der Waals surface area contributed by atoms with E-state index in [1.807, 2.05) is 12.3 Å². The van der Waals surface area contributed by atoms with E-state index >= 15 is 0 Å². The molecule has 1 saturated heterocycles. The first kappa shape index (κ1) is 15.0. The average molecular weight is 296 g/mol. The number of likely N-dealkylation sites (tertiary alicyclic amines) is 1. The van der Waals surface area contributed by atoms with Gasteiger partial charge in [0.05, 0.1) is 11.4 Å². The van der Waals surface area contributed by atoms with E-state index in [9.17, 15) is 0 Å². The van der Waals surface area contributed by atoms with Crippen LogP contribution in [0.3, 0.4) is 0 Å². The molecule has 4 nitrogen and oxygen atoms in total. The van der Waals surface area contributed by atoms with Gasteiger partial charge < -0.3 is 10.2 Å². The highest BCUT2D eigenvalue weighted by molar-refractivity contribution is 5.43. The number of hydrogen-bond donors (Lipinski definition) is 1. The van der Waals surface area contributed by atoms with Crippen LogP contribution in [0.4, 0.5) is 5.82 Å². The molecule has 22 heavy (non-hydrogen) atoms. The number of aryl methyl sites for hydroxylation is 1. The van der Waals surface area contributed by atoms with Crippen molar-refractivity contribution in [2.75, 3.05) is 31.5 Å². The minimum Gasteiger partial charge on any atom is -0.367 e. The zero-order valence-electron chi connectivity index (χ0n) is 13.3. The van der Waals surface area contributed by atoms with Gasteiger partial charge in [0.15, 0.2) is 0 Å². The Hall–Kier alpha value is -1.94. The molecular weight excluding hydrogens is 272 g/mol. The second-order valence-electron chi connectivity index (χ2n) is 5.79. The average Bonchev–Trinajstić information content (AvgIpc) is 2.52. The van der Waals surface area contributed by atoms with Crippen LogP contribution in [0.5, 0.6) is 0 Å². The summed E-state index contributed by atoms with van der Waals surface area (Å²) in [5.41, 5.74) is 3.35. The molecule has 1 fully saturated rings. The summed E-state index contributed by atoms with van der Waals surface area (Å²) in [5, 5.41) is 3.49. The summed E-state index contributed by atoms with van der Waals surface area (Å²) in [6.45, 7) is 6.61. The van der Waals surface area contributed by atoms with E-state index in [2.05, 4.69) is 46.4 Å². The van der Waals surface area contributed by atoms with Crippen LogP contribution in [0.15, 0.2) is 36.5 Å². The molecule has 0 saturated carbocycles. The van der Waals surface area contributed by atoms with Crippen molar-refractivity contribution in [3.05, 3.63) is 53.5 Å². The predicted molar refractivity (Wildman–Crippen MR) is 90.2 cm³/mol. The summed E-state index contributed by atoms with van der Waals surface area (Å²) < 4.78 is 0. The summed E-state index contributed by atoms with van der Waals surface area (Å²) in [5.74, 6) is 0.948. The SMILES string of the molecule is CCc1cnc(Cc2ccccc2)c(NCCN2CCC2)n1. The van der Waals surface area contributed by atoms with Gasteiger partial charge in [0.1, 0.15) is 5.82 Å². The lowest BCUT2D eigenvalue weighted by Gasteiger charge is -2.30. The van der Waals surface area contributed by atoms with Gasteiger partial charge in [0, 0.05) is 25.7 Å². The summed E-state index contributed by atoms with van der Waals surface area (Å²) in [6, 6.07) is 10.5. The molecule has 2 heterocycles. The molecule has 0 atom stereocenters. The lowest BCUT2D eigenvalue weighted by Crippen LogP contribution is -2.40. The van der Waals surface area contributed by atoms with Crippen molar-refractivity contribution in [1.82, 2.24) is 14.9 Å². The van der Waals surface area contributed by atoms with Crippen LogP contribution in [-0.2, 0) is 12.8 Å². The van der Waals surface area contributed by atoms with Crippen LogP contribution < -0.4 is 5.32 Å². The van der Waals surface area contributed by atoms with Crippen molar-refractivity contribution < 1.29 is 0 Å². The van der Waals surface area contributed by atoms with Crippen molar-refractivity contribution in [2.45, 2.75) is 26.2 Å². The Morgan fingerprint density at radius 3 is 2.68 bits per heavy atom. The third-order valence-corrected chi connectivity index (χ3v) is 4.14. The van der Waals surface area contributed by atoms with Gasteiger partial charge in [-0.25, -0.2) is 4.98 Å². The molecule has 2 aromatic rings. The molecule has 3 rings (SSSR count). The highest BCUT2D eigenvalue weighted by Gasteiger charge is 2.13. The van der Waals surface area contributed by atoms with Crippen molar-refractivity contribution in [2.24, 2.45) is 0 Å².